The third-order valence-corrected chi connectivity index (χ3v) is 3.05. The maximum absolute atomic E-state index is 11.7. The zero-order valence-corrected chi connectivity index (χ0v) is 11.4. The van der Waals surface area contributed by atoms with Gasteiger partial charge in [0.2, 0.25) is 0 Å². The average Bonchev–Trinajstić information content (AvgIpc) is 2.32. The molecule has 18 heavy (non-hydrogen) atoms. The summed E-state index contributed by atoms with van der Waals surface area (Å²) in [6, 6.07) is 8.81. The third kappa shape index (κ3) is 2.52. The molecule has 0 atom stereocenters. The molecule has 2 aromatic rings. The predicted octanol–water partition coefficient (Wildman–Crippen LogP) is 3.68. The van der Waals surface area contributed by atoms with Crippen molar-refractivity contribution in [1.82, 2.24) is 0 Å². The molecule has 0 unspecified atom stereocenters. The Kier molecular flexibility index (Phi) is 3.64. The molecule has 94 valence electrons. The first kappa shape index (κ1) is 13.0. The van der Waals surface area contributed by atoms with Crippen LogP contribution in [-0.4, -0.2) is 14.1 Å². The van der Waals surface area contributed by atoms with E-state index >= 15 is 0 Å². The zero-order chi connectivity index (χ0) is 13.3. The van der Waals surface area contributed by atoms with E-state index in [1.165, 1.54) is 0 Å². The second kappa shape index (κ2) is 5.04. The Morgan fingerprint density at radius 3 is 2.50 bits per heavy atom. The molecule has 0 radical (unpaired) electrons. The molecular weight excluding hydrogens is 273 g/mol. The summed E-state index contributed by atoms with van der Waals surface area (Å²) in [7, 11) is 3.62. The van der Waals surface area contributed by atoms with Crippen molar-refractivity contribution in [1.29, 1.82) is 0 Å². The van der Waals surface area contributed by atoms with E-state index in [1.807, 2.05) is 20.2 Å². The number of nitrogens with zero attached hydrogens (tertiary/aromatic N) is 1. The van der Waals surface area contributed by atoms with Crippen LogP contribution in [-0.2, 0) is 0 Å². The molecular formula is C13H11Cl2NO2. The Labute approximate surface area is 115 Å². The van der Waals surface area contributed by atoms with Crippen molar-refractivity contribution in [3.63, 3.8) is 0 Å². The monoisotopic (exact) mass is 283 g/mol. The quantitative estimate of drug-likeness (QED) is 0.843. The first-order valence-corrected chi connectivity index (χ1v) is 6.01. The predicted molar refractivity (Wildman–Crippen MR) is 74.8 cm³/mol. The summed E-state index contributed by atoms with van der Waals surface area (Å²) in [4.78, 5) is 13.4. The molecule has 1 aromatic carbocycles. The Hall–Kier alpha value is -1.45. The molecule has 5 heteroatoms. The molecule has 0 aliphatic rings. The Bertz CT molecular complexity index is 635. The van der Waals surface area contributed by atoms with Crippen LogP contribution in [0.2, 0.25) is 10.0 Å². The molecule has 0 spiro atoms. The van der Waals surface area contributed by atoms with Crippen LogP contribution >= 0.6 is 23.2 Å². The fourth-order valence-electron chi connectivity index (χ4n) is 1.58. The van der Waals surface area contributed by atoms with Gasteiger partial charge in [0.25, 0.3) is 0 Å². The maximum Gasteiger partial charge on any atom is 0.357 e. The average molecular weight is 284 g/mol. The maximum atomic E-state index is 11.7. The molecule has 0 amide bonds. The van der Waals surface area contributed by atoms with Crippen LogP contribution in [0.5, 0.6) is 0 Å². The van der Waals surface area contributed by atoms with E-state index in [0.29, 0.717) is 16.5 Å². The first-order chi connectivity index (χ1) is 8.49. The van der Waals surface area contributed by atoms with Crippen molar-refractivity contribution in [2.75, 3.05) is 19.0 Å². The summed E-state index contributed by atoms with van der Waals surface area (Å²) in [6.45, 7) is 0. The van der Waals surface area contributed by atoms with Crippen molar-refractivity contribution in [2.24, 2.45) is 0 Å². The second-order valence-corrected chi connectivity index (χ2v) is 4.82. The summed E-state index contributed by atoms with van der Waals surface area (Å²) in [6.07, 6.45) is 0. The van der Waals surface area contributed by atoms with E-state index in [2.05, 4.69) is 0 Å². The van der Waals surface area contributed by atoms with Gasteiger partial charge in [-0.1, -0.05) is 35.3 Å². The number of benzene rings is 1. The van der Waals surface area contributed by atoms with E-state index in [9.17, 15) is 4.79 Å². The molecule has 1 aromatic heterocycles. The summed E-state index contributed by atoms with van der Waals surface area (Å²) >= 11 is 11.8. The molecule has 0 fully saturated rings. The smallest absolute Gasteiger partial charge is 0.357 e. The Morgan fingerprint density at radius 1 is 1.17 bits per heavy atom. The Morgan fingerprint density at radius 2 is 1.89 bits per heavy atom. The zero-order valence-electron chi connectivity index (χ0n) is 9.91. The van der Waals surface area contributed by atoms with Gasteiger partial charge in [0.15, 0.2) is 0 Å². The number of hydrogen-bond donors (Lipinski definition) is 0. The lowest BCUT2D eigenvalue weighted by Gasteiger charge is -2.14. The first-order valence-electron chi connectivity index (χ1n) is 5.26. The molecule has 0 N–H and O–H groups in total. The lowest BCUT2D eigenvalue weighted by Crippen LogP contribution is -2.13. The number of hydrogen-bond acceptors (Lipinski definition) is 3. The highest BCUT2D eigenvalue weighted by atomic mass is 35.5. The van der Waals surface area contributed by atoms with Gasteiger partial charge in [-0.3, -0.25) is 0 Å². The van der Waals surface area contributed by atoms with Crippen LogP contribution < -0.4 is 10.5 Å². The highest BCUT2D eigenvalue weighted by Crippen LogP contribution is 2.28. The van der Waals surface area contributed by atoms with Crippen molar-refractivity contribution in [2.45, 2.75) is 0 Å². The summed E-state index contributed by atoms with van der Waals surface area (Å²) in [5, 5.41) is 0.655. The highest BCUT2D eigenvalue weighted by Gasteiger charge is 2.12. The standard InChI is InChI=1S/C13H11Cl2NO2/c1-16(2)10-7-11(18-13(17)12(10)15)8-4-3-5-9(14)6-8/h3-7H,1-2H3. The number of rotatable bonds is 2. The van der Waals surface area contributed by atoms with Gasteiger partial charge in [0.1, 0.15) is 10.8 Å². The van der Waals surface area contributed by atoms with E-state index < -0.39 is 5.63 Å². The second-order valence-electron chi connectivity index (χ2n) is 4.00. The van der Waals surface area contributed by atoms with Gasteiger partial charge in [-0.25, -0.2) is 4.79 Å². The fraction of sp³-hybridized carbons (Fsp3) is 0.154. The largest absolute Gasteiger partial charge is 0.422 e. The minimum atomic E-state index is -0.558. The summed E-state index contributed by atoms with van der Waals surface area (Å²) in [5.41, 5.74) is 0.792. The lowest BCUT2D eigenvalue weighted by atomic mass is 10.1. The van der Waals surface area contributed by atoms with Crippen molar-refractivity contribution >= 4 is 28.9 Å². The molecule has 2 rings (SSSR count). The number of halogens is 2. The van der Waals surface area contributed by atoms with E-state index in [1.54, 1.807) is 29.2 Å². The van der Waals surface area contributed by atoms with Crippen LogP contribution in [0.15, 0.2) is 39.5 Å². The van der Waals surface area contributed by atoms with Crippen LogP contribution in [0, 0.1) is 0 Å². The van der Waals surface area contributed by atoms with Crippen LogP contribution in [0.3, 0.4) is 0 Å². The van der Waals surface area contributed by atoms with Gasteiger partial charge in [-0.05, 0) is 12.1 Å². The summed E-state index contributed by atoms with van der Waals surface area (Å²) in [5.74, 6) is 0.440. The van der Waals surface area contributed by atoms with Gasteiger partial charge in [0, 0.05) is 30.7 Å². The van der Waals surface area contributed by atoms with Crippen molar-refractivity contribution < 1.29 is 4.42 Å². The molecule has 0 bridgehead atoms. The van der Waals surface area contributed by atoms with E-state index in [4.69, 9.17) is 27.6 Å². The lowest BCUT2D eigenvalue weighted by molar-refractivity contribution is 0.526. The van der Waals surface area contributed by atoms with Gasteiger partial charge in [0.05, 0.1) is 5.69 Å². The normalized spacial score (nSPS) is 10.4. The molecule has 1 heterocycles. The van der Waals surface area contributed by atoms with Crippen LogP contribution in [0.1, 0.15) is 0 Å². The van der Waals surface area contributed by atoms with Crippen molar-refractivity contribution in [3.8, 4) is 11.3 Å². The van der Waals surface area contributed by atoms with Gasteiger partial charge >= 0.3 is 5.63 Å². The number of anilines is 1. The molecule has 3 nitrogen and oxygen atoms in total. The highest BCUT2D eigenvalue weighted by molar-refractivity contribution is 6.33. The van der Waals surface area contributed by atoms with Crippen LogP contribution in [0.25, 0.3) is 11.3 Å². The van der Waals surface area contributed by atoms with E-state index in [-0.39, 0.29) is 5.02 Å². The van der Waals surface area contributed by atoms with Crippen molar-refractivity contribution in [3.05, 3.63) is 50.8 Å². The molecule has 0 saturated carbocycles. The van der Waals surface area contributed by atoms with E-state index in [0.717, 1.165) is 5.56 Å². The van der Waals surface area contributed by atoms with Gasteiger partial charge in [-0.2, -0.15) is 0 Å². The Balaban J connectivity index is 2.63. The molecule has 0 saturated heterocycles. The SMILES string of the molecule is CN(C)c1cc(-c2cccc(Cl)c2)oc(=O)c1Cl. The van der Waals surface area contributed by atoms with Crippen LogP contribution in [0.4, 0.5) is 5.69 Å². The minimum Gasteiger partial charge on any atom is -0.422 e. The fourth-order valence-corrected chi connectivity index (χ4v) is 2.03. The third-order valence-electron chi connectivity index (χ3n) is 2.47. The summed E-state index contributed by atoms with van der Waals surface area (Å²) < 4.78 is 5.17. The minimum absolute atomic E-state index is 0.0748. The van der Waals surface area contributed by atoms with Gasteiger partial charge in [-0.15, -0.1) is 0 Å². The molecule has 0 aliphatic heterocycles. The van der Waals surface area contributed by atoms with Gasteiger partial charge < -0.3 is 9.32 Å². The molecule has 0 aliphatic carbocycles. The topological polar surface area (TPSA) is 33.5 Å².